The van der Waals surface area contributed by atoms with Crippen molar-refractivity contribution in [2.45, 2.75) is 20.3 Å². The number of rotatable bonds is 5. The highest BCUT2D eigenvalue weighted by molar-refractivity contribution is 6.01. The number of hydrogen-bond donors (Lipinski definition) is 2. The minimum Gasteiger partial charge on any atom is -0.451 e. The van der Waals surface area contributed by atoms with Crippen LogP contribution in [0.4, 0.5) is 5.69 Å². The average molecular weight is 336 g/mol. The molecule has 0 aliphatic carbocycles. The maximum Gasteiger partial charge on any atom is 0.287 e. The molecule has 0 aliphatic rings. The molecule has 1 heterocycles. The fourth-order valence-corrected chi connectivity index (χ4v) is 2.78. The van der Waals surface area contributed by atoms with Crippen molar-refractivity contribution in [2.75, 3.05) is 11.9 Å². The first-order valence-electron chi connectivity index (χ1n) is 8.24. The van der Waals surface area contributed by atoms with Crippen LogP contribution in [0.1, 0.15) is 28.6 Å². The van der Waals surface area contributed by atoms with E-state index in [1.807, 2.05) is 62.4 Å². The Morgan fingerprint density at radius 3 is 2.52 bits per heavy atom. The topological polar surface area (TPSA) is 71.3 Å². The van der Waals surface area contributed by atoms with Gasteiger partial charge in [0.15, 0.2) is 5.76 Å². The van der Waals surface area contributed by atoms with E-state index in [2.05, 4.69) is 10.6 Å². The fourth-order valence-electron chi connectivity index (χ4n) is 2.78. The molecule has 0 unspecified atom stereocenters. The summed E-state index contributed by atoms with van der Waals surface area (Å²) in [5.74, 6) is -0.432. The van der Waals surface area contributed by atoms with E-state index in [0.717, 1.165) is 28.6 Å². The molecule has 2 amide bonds. The van der Waals surface area contributed by atoms with Crippen molar-refractivity contribution in [3.05, 3.63) is 65.4 Å². The van der Waals surface area contributed by atoms with Crippen LogP contribution in [0.2, 0.25) is 0 Å². The molecule has 0 spiro atoms. The first-order chi connectivity index (χ1) is 12.1. The van der Waals surface area contributed by atoms with Crippen LogP contribution in [0, 0.1) is 6.92 Å². The number of para-hydroxylation sites is 2. The molecule has 0 atom stereocenters. The predicted octanol–water partition coefficient (Wildman–Crippen LogP) is 3.67. The molecule has 0 aliphatic heterocycles. The normalized spacial score (nSPS) is 10.6. The van der Waals surface area contributed by atoms with Gasteiger partial charge in [0.25, 0.3) is 5.91 Å². The lowest BCUT2D eigenvalue weighted by atomic mass is 10.1. The second-order valence-corrected chi connectivity index (χ2v) is 5.79. The molecule has 0 radical (unpaired) electrons. The zero-order valence-electron chi connectivity index (χ0n) is 14.3. The van der Waals surface area contributed by atoms with E-state index in [0.29, 0.717) is 5.58 Å². The molecule has 5 heteroatoms. The van der Waals surface area contributed by atoms with Gasteiger partial charge in [-0.25, -0.2) is 0 Å². The van der Waals surface area contributed by atoms with Gasteiger partial charge in [-0.1, -0.05) is 43.3 Å². The van der Waals surface area contributed by atoms with Crippen LogP contribution in [0.25, 0.3) is 11.0 Å². The highest BCUT2D eigenvalue weighted by atomic mass is 16.3. The second kappa shape index (κ2) is 7.21. The van der Waals surface area contributed by atoms with E-state index in [1.54, 1.807) is 0 Å². The van der Waals surface area contributed by atoms with E-state index in [4.69, 9.17) is 4.42 Å². The van der Waals surface area contributed by atoms with Crippen molar-refractivity contribution >= 4 is 28.5 Å². The number of hydrogen-bond acceptors (Lipinski definition) is 3. The van der Waals surface area contributed by atoms with E-state index in [-0.39, 0.29) is 18.2 Å². The largest absolute Gasteiger partial charge is 0.451 e. The van der Waals surface area contributed by atoms with Crippen LogP contribution in [0.15, 0.2) is 52.9 Å². The quantitative estimate of drug-likeness (QED) is 0.747. The maximum absolute atomic E-state index is 12.3. The minimum absolute atomic E-state index is 0.118. The number of anilines is 1. The van der Waals surface area contributed by atoms with Crippen molar-refractivity contribution in [1.82, 2.24) is 5.32 Å². The standard InChI is InChI=1S/C20H20N2O3/c1-3-14-8-4-6-10-16(14)22-18(23)12-21-20(24)19-13(2)15-9-5-7-11-17(15)25-19/h4-11H,3,12H2,1-2H3,(H,21,24)(H,22,23). The molecular weight excluding hydrogens is 316 g/mol. The van der Waals surface area contributed by atoms with Crippen molar-refractivity contribution in [3.63, 3.8) is 0 Å². The lowest BCUT2D eigenvalue weighted by Crippen LogP contribution is -2.33. The van der Waals surface area contributed by atoms with E-state index >= 15 is 0 Å². The summed E-state index contributed by atoms with van der Waals surface area (Å²) in [6.45, 7) is 3.74. The molecule has 1 aromatic heterocycles. The number of aryl methyl sites for hydroxylation is 2. The Hall–Kier alpha value is -3.08. The summed E-state index contributed by atoms with van der Waals surface area (Å²) in [5.41, 5.74) is 3.25. The van der Waals surface area contributed by atoms with Crippen molar-refractivity contribution in [3.8, 4) is 0 Å². The van der Waals surface area contributed by atoms with Gasteiger partial charge in [0, 0.05) is 16.6 Å². The Morgan fingerprint density at radius 1 is 1.04 bits per heavy atom. The Morgan fingerprint density at radius 2 is 1.76 bits per heavy atom. The number of furan rings is 1. The molecule has 25 heavy (non-hydrogen) atoms. The van der Waals surface area contributed by atoms with Gasteiger partial charge >= 0.3 is 0 Å². The summed E-state index contributed by atoms with van der Waals surface area (Å²) in [7, 11) is 0. The van der Waals surface area contributed by atoms with Crippen molar-refractivity contribution < 1.29 is 14.0 Å². The lowest BCUT2D eigenvalue weighted by molar-refractivity contribution is -0.115. The number of benzene rings is 2. The molecule has 5 nitrogen and oxygen atoms in total. The third-order valence-corrected chi connectivity index (χ3v) is 4.13. The molecule has 2 aromatic carbocycles. The van der Waals surface area contributed by atoms with E-state index in [1.165, 1.54) is 0 Å². The minimum atomic E-state index is -0.396. The lowest BCUT2D eigenvalue weighted by Gasteiger charge is -2.10. The molecular formula is C20H20N2O3. The van der Waals surface area contributed by atoms with Gasteiger partial charge in [-0.15, -0.1) is 0 Å². The van der Waals surface area contributed by atoms with Gasteiger partial charge in [0.1, 0.15) is 5.58 Å². The number of fused-ring (bicyclic) bond motifs is 1. The zero-order chi connectivity index (χ0) is 17.8. The monoisotopic (exact) mass is 336 g/mol. The number of nitrogens with one attached hydrogen (secondary N) is 2. The van der Waals surface area contributed by atoms with Gasteiger partial charge in [-0.2, -0.15) is 0 Å². The summed E-state index contributed by atoms with van der Waals surface area (Å²) in [5, 5.41) is 6.34. The first-order valence-corrected chi connectivity index (χ1v) is 8.24. The Kier molecular flexibility index (Phi) is 4.84. The zero-order valence-corrected chi connectivity index (χ0v) is 14.3. The maximum atomic E-state index is 12.3. The smallest absolute Gasteiger partial charge is 0.287 e. The predicted molar refractivity (Wildman–Crippen MR) is 97.7 cm³/mol. The summed E-state index contributed by atoms with van der Waals surface area (Å²) >= 11 is 0. The molecule has 128 valence electrons. The molecule has 2 N–H and O–H groups in total. The SMILES string of the molecule is CCc1ccccc1NC(=O)CNC(=O)c1oc2ccccc2c1C. The summed E-state index contributed by atoms with van der Waals surface area (Å²) < 4.78 is 5.60. The average Bonchev–Trinajstić information content (AvgIpc) is 2.97. The van der Waals surface area contributed by atoms with Gasteiger partial charge in [0.2, 0.25) is 5.91 Å². The van der Waals surface area contributed by atoms with Crippen LogP contribution < -0.4 is 10.6 Å². The third kappa shape index (κ3) is 3.55. The van der Waals surface area contributed by atoms with Crippen LogP contribution in [0.3, 0.4) is 0 Å². The Labute approximate surface area is 146 Å². The van der Waals surface area contributed by atoms with E-state index < -0.39 is 5.91 Å². The summed E-state index contributed by atoms with van der Waals surface area (Å²) in [6, 6.07) is 15.1. The summed E-state index contributed by atoms with van der Waals surface area (Å²) in [4.78, 5) is 24.4. The molecule has 3 aromatic rings. The van der Waals surface area contributed by atoms with Gasteiger partial charge in [-0.3, -0.25) is 9.59 Å². The fraction of sp³-hybridized carbons (Fsp3) is 0.200. The van der Waals surface area contributed by atoms with Crippen LogP contribution >= 0.6 is 0 Å². The van der Waals surface area contributed by atoms with E-state index in [9.17, 15) is 9.59 Å². The first kappa shape index (κ1) is 16.8. The van der Waals surface area contributed by atoms with Gasteiger partial charge in [-0.05, 0) is 31.0 Å². The summed E-state index contributed by atoms with van der Waals surface area (Å²) in [6.07, 6.45) is 0.820. The third-order valence-electron chi connectivity index (χ3n) is 4.13. The number of amides is 2. The highest BCUT2D eigenvalue weighted by Crippen LogP contribution is 2.24. The number of carbonyl (C=O) groups excluding carboxylic acids is 2. The highest BCUT2D eigenvalue weighted by Gasteiger charge is 2.18. The van der Waals surface area contributed by atoms with Crippen molar-refractivity contribution in [2.24, 2.45) is 0 Å². The van der Waals surface area contributed by atoms with Crippen LogP contribution in [-0.4, -0.2) is 18.4 Å². The molecule has 0 fully saturated rings. The molecule has 0 bridgehead atoms. The molecule has 0 saturated carbocycles. The molecule has 0 saturated heterocycles. The number of carbonyl (C=O) groups is 2. The van der Waals surface area contributed by atoms with Gasteiger partial charge in [0.05, 0.1) is 6.54 Å². The Bertz CT molecular complexity index is 928. The molecule has 3 rings (SSSR count). The van der Waals surface area contributed by atoms with Gasteiger partial charge < -0.3 is 15.1 Å². The van der Waals surface area contributed by atoms with Crippen molar-refractivity contribution in [1.29, 1.82) is 0 Å². The Balaban J connectivity index is 1.65. The van der Waals surface area contributed by atoms with Crippen LogP contribution in [0.5, 0.6) is 0 Å². The van der Waals surface area contributed by atoms with Crippen LogP contribution in [-0.2, 0) is 11.2 Å². The second-order valence-electron chi connectivity index (χ2n) is 5.79.